The van der Waals surface area contributed by atoms with Gasteiger partial charge in [-0.15, -0.1) is 0 Å². The first-order valence-electron chi connectivity index (χ1n) is 7.93. The Morgan fingerprint density at radius 2 is 1.84 bits per heavy atom. The standard InChI is InChI=1S/C15H26N2O2/c1-12-6-9-16(10-7-12)15(18)17-8-2-4-13(17)14-5-3-11-19-14/h12-14H,2-11H2,1H3. The van der Waals surface area contributed by atoms with Gasteiger partial charge in [0.25, 0.3) is 0 Å². The molecule has 3 aliphatic heterocycles. The summed E-state index contributed by atoms with van der Waals surface area (Å²) in [6.45, 7) is 5.97. The smallest absolute Gasteiger partial charge is 0.320 e. The molecule has 4 heteroatoms. The van der Waals surface area contributed by atoms with E-state index in [2.05, 4.69) is 16.7 Å². The molecule has 2 amide bonds. The molecule has 2 atom stereocenters. The molecule has 3 heterocycles. The van der Waals surface area contributed by atoms with Crippen LogP contribution in [0.25, 0.3) is 0 Å². The highest BCUT2D eigenvalue weighted by Gasteiger charge is 2.38. The van der Waals surface area contributed by atoms with E-state index >= 15 is 0 Å². The van der Waals surface area contributed by atoms with Gasteiger partial charge in [-0.3, -0.25) is 0 Å². The average Bonchev–Trinajstić information content (AvgIpc) is 3.09. The van der Waals surface area contributed by atoms with Gasteiger partial charge >= 0.3 is 6.03 Å². The van der Waals surface area contributed by atoms with E-state index in [9.17, 15) is 4.79 Å². The van der Waals surface area contributed by atoms with Crippen LogP contribution in [0.2, 0.25) is 0 Å². The van der Waals surface area contributed by atoms with Crippen molar-refractivity contribution in [2.24, 2.45) is 5.92 Å². The zero-order valence-corrected chi connectivity index (χ0v) is 12.0. The van der Waals surface area contributed by atoms with Gasteiger partial charge in [0.15, 0.2) is 0 Å². The van der Waals surface area contributed by atoms with E-state index in [-0.39, 0.29) is 6.03 Å². The number of carbonyl (C=O) groups excluding carboxylic acids is 1. The van der Waals surface area contributed by atoms with Gasteiger partial charge in [0, 0.05) is 26.2 Å². The molecule has 0 saturated carbocycles. The van der Waals surface area contributed by atoms with E-state index in [0.717, 1.165) is 70.7 Å². The Morgan fingerprint density at radius 1 is 1.05 bits per heavy atom. The molecule has 108 valence electrons. The minimum absolute atomic E-state index is 0.268. The fourth-order valence-corrected chi connectivity index (χ4v) is 3.70. The van der Waals surface area contributed by atoms with E-state index < -0.39 is 0 Å². The van der Waals surface area contributed by atoms with Crippen molar-refractivity contribution in [3.63, 3.8) is 0 Å². The number of urea groups is 1. The summed E-state index contributed by atoms with van der Waals surface area (Å²) in [6.07, 6.45) is 7.17. The largest absolute Gasteiger partial charge is 0.376 e. The molecule has 0 bridgehead atoms. The zero-order chi connectivity index (χ0) is 13.2. The Morgan fingerprint density at radius 3 is 2.53 bits per heavy atom. The molecule has 0 N–H and O–H groups in total. The molecule has 3 fully saturated rings. The molecule has 4 nitrogen and oxygen atoms in total. The molecule has 3 saturated heterocycles. The number of amides is 2. The van der Waals surface area contributed by atoms with Crippen molar-refractivity contribution < 1.29 is 9.53 Å². The first-order valence-corrected chi connectivity index (χ1v) is 7.93. The second-order valence-electron chi connectivity index (χ2n) is 6.41. The van der Waals surface area contributed by atoms with E-state index in [0.29, 0.717) is 12.1 Å². The van der Waals surface area contributed by atoms with Crippen LogP contribution in [-0.2, 0) is 4.74 Å². The minimum Gasteiger partial charge on any atom is -0.376 e. The van der Waals surface area contributed by atoms with Crippen molar-refractivity contribution >= 4 is 6.03 Å². The van der Waals surface area contributed by atoms with Crippen LogP contribution in [-0.4, -0.2) is 54.2 Å². The molecule has 3 rings (SSSR count). The third-order valence-electron chi connectivity index (χ3n) is 4.99. The second kappa shape index (κ2) is 5.70. The van der Waals surface area contributed by atoms with Crippen LogP contribution in [0.4, 0.5) is 4.79 Å². The van der Waals surface area contributed by atoms with Gasteiger partial charge in [-0.05, 0) is 44.4 Å². The Balaban J connectivity index is 1.61. The molecule has 0 radical (unpaired) electrons. The molecule has 0 aromatic rings. The number of ether oxygens (including phenoxy) is 1. The molecule has 0 aromatic heterocycles. The summed E-state index contributed by atoms with van der Waals surface area (Å²) in [5.41, 5.74) is 0. The summed E-state index contributed by atoms with van der Waals surface area (Å²) in [5.74, 6) is 0.775. The summed E-state index contributed by atoms with van der Waals surface area (Å²) in [6, 6.07) is 0.610. The zero-order valence-electron chi connectivity index (χ0n) is 12.0. The summed E-state index contributed by atoms with van der Waals surface area (Å²) in [4.78, 5) is 16.8. The molecular weight excluding hydrogens is 240 g/mol. The summed E-state index contributed by atoms with van der Waals surface area (Å²) in [7, 11) is 0. The van der Waals surface area contributed by atoms with Crippen molar-refractivity contribution in [2.75, 3.05) is 26.2 Å². The van der Waals surface area contributed by atoms with Gasteiger partial charge < -0.3 is 14.5 Å². The summed E-state index contributed by atoms with van der Waals surface area (Å²) >= 11 is 0. The fraction of sp³-hybridized carbons (Fsp3) is 0.933. The average molecular weight is 266 g/mol. The lowest BCUT2D eigenvalue weighted by molar-refractivity contribution is 0.0429. The maximum absolute atomic E-state index is 12.7. The van der Waals surface area contributed by atoms with E-state index in [1.165, 1.54) is 0 Å². The van der Waals surface area contributed by atoms with Crippen LogP contribution < -0.4 is 0 Å². The first kappa shape index (κ1) is 13.2. The number of hydrogen-bond donors (Lipinski definition) is 0. The van der Waals surface area contributed by atoms with E-state index in [1.54, 1.807) is 0 Å². The maximum atomic E-state index is 12.7. The highest BCUT2D eigenvalue weighted by molar-refractivity contribution is 5.75. The predicted molar refractivity (Wildman–Crippen MR) is 74.1 cm³/mol. The van der Waals surface area contributed by atoms with Crippen LogP contribution in [0.1, 0.15) is 45.4 Å². The van der Waals surface area contributed by atoms with Crippen molar-refractivity contribution in [1.29, 1.82) is 0 Å². The minimum atomic E-state index is 0.268. The molecule has 0 spiro atoms. The van der Waals surface area contributed by atoms with Crippen LogP contribution in [0.3, 0.4) is 0 Å². The number of piperidine rings is 1. The number of nitrogens with zero attached hydrogens (tertiary/aromatic N) is 2. The molecular formula is C15H26N2O2. The molecule has 19 heavy (non-hydrogen) atoms. The molecule has 2 unspecified atom stereocenters. The van der Waals surface area contributed by atoms with E-state index in [4.69, 9.17) is 4.74 Å². The van der Waals surface area contributed by atoms with Gasteiger partial charge in [0.2, 0.25) is 0 Å². The van der Waals surface area contributed by atoms with E-state index in [1.807, 2.05) is 0 Å². The lowest BCUT2D eigenvalue weighted by Gasteiger charge is -2.37. The van der Waals surface area contributed by atoms with Gasteiger partial charge in [0.05, 0.1) is 12.1 Å². The number of carbonyl (C=O) groups is 1. The first-order chi connectivity index (χ1) is 9.25. The third-order valence-corrected chi connectivity index (χ3v) is 4.99. The lowest BCUT2D eigenvalue weighted by Crippen LogP contribution is -2.51. The second-order valence-corrected chi connectivity index (χ2v) is 6.41. The van der Waals surface area contributed by atoms with Gasteiger partial charge in [0.1, 0.15) is 0 Å². The molecule has 3 aliphatic rings. The monoisotopic (exact) mass is 266 g/mol. The van der Waals surface area contributed by atoms with Crippen molar-refractivity contribution in [2.45, 2.75) is 57.6 Å². The number of rotatable bonds is 1. The third kappa shape index (κ3) is 2.73. The Labute approximate surface area is 116 Å². The Bertz CT molecular complexity index is 320. The van der Waals surface area contributed by atoms with Gasteiger partial charge in [-0.1, -0.05) is 6.92 Å². The van der Waals surface area contributed by atoms with Gasteiger partial charge in [-0.25, -0.2) is 4.79 Å². The normalized spacial score (nSPS) is 33.1. The SMILES string of the molecule is CC1CCN(C(=O)N2CCCC2C2CCCO2)CC1. The van der Waals surface area contributed by atoms with Crippen molar-refractivity contribution in [3.05, 3.63) is 0 Å². The topological polar surface area (TPSA) is 32.8 Å². The molecule has 0 aromatic carbocycles. The Kier molecular flexibility index (Phi) is 3.96. The van der Waals surface area contributed by atoms with Crippen LogP contribution in [0.5, 0.6) is 0 Å². The lowest BCUT2D eigenvalue weighted by atomic mass is 9.99. The van der Waals surface area contributed by atoms with Crippen LogP contribution >= 0.6 is 0 Å². The van der Waals surface area contributed by atoms with Gasteiger partial charge in [-0.2, -0.15) is 0 Å². The number of likely N-dealkylation sites (tertiary alicyclic amines) is 2. The number of hydrogen-bond acceptors (Lipinski definition) is 2. The highest BCUT2D eigenvalue weighted by atomic mass is 16.5. The van der Waals surface area contributed by atoms with Crippen LogP contribution in [0.15, 0.2) is 0 Å². The summed E-state index contributed by atoms with van der Waals surface area (Å²) in [5, 5.41) is 0. The Hall–Kier alpha value is -0.770. The van der Waals surface area contributed by atoms with Crippen molar-refractivity contribution in [3.8, 4) is 0 Å². The van der Waals surface area contributed by atoms with Crippen LogP contribution in [0, 0.1) is 5.92 Å². The fourth-order valence-electron chi connectivity index (χ4n) is 3.70. The quantitative estimate of drug-likeness (QED) is 0.730. The summed E-state index contributed by atoms with van der Waals surface area (Å²) < 4.78 is 5.81. The van der Waals surface area contributed by atoms with Crippen molar-refractivity contribution in [1.82, 2.24) is 9.80 Å². The molecule has 0 aliphatic carbocycles. The predicted octanol–water partition coefficient (Wildman–Crippen LogP) is 2.48. The highest BCUT2D eigenvalue weighted by Crippen LogP contribution is 2.29. The maximum Gasteiger partial charge on any atom is 0.320 e.